The van der Waals surface area contributed by atoms with Gasteiger partial charge in [-0.15, -0.1) is 0 Å². The molecule has 0 aromatic rings. The Hall–Kier alpha value is -0.590. The Morgan fingerprint density at radius 2 is 2.00 bits per heavy atom. The highest BCUT2D eigenvalue weighted by atomic mass is 16.5. The summed E-state index contributed by atoms with van der Waals surface area (Å²) < 4.78 is 10.7. The molecule has 0 radical (unpaired) electrons. The minimum Gasteiger partial charge on any atom is -0.381 e. The normalized spacial score (nSPS) is 34.2. The molecule has 0 N–H and O–H groups in total. The van der Waals surface area contributed by atoms with E-state index in [4.69, 9.17) is 9.47 Å². The van der Waals surface area contributed by atoms with Crippen molar-refractivity contribution in [3.05, 3.63) is 0 Å². The van der Waals surface area contributed by atoms with Crippen LogP contribution in [0, 0.1) is 22.7 Å². The zero-order chi connectivity index (χ0) is 9.86. The fourth-order valence-electron chi connectivity index (χ4n) is 2.41. The van der Waals surface area contributed by atoms with E-state index in [-0.39, 0.29) is 5.41 Å². The summed E-state index contributed by atoms with van der Waals surface area (Å²) >= 11 is 0. The standard InChI is InChI=1S/C11H17NO2/c12-8-11(3-6-14-9-11)7-10-1-4-13-5-2-10/h10H,1-7,9H2. The second-order valence-electron chi connectivity index (χ2n) is 4.45. The molecule has 1 atom stereocenters. The van der Waals surface area contributed by atoms with E-state index in [1.807, 2.05) is 0 Å². The summed E-state index contributed by atoms with van der Waals surface area (Å²) in [6.07, 6.45) is 4.15. The molecule has 2 aliphatic rings. The highest BCUT2D eigenvalue weighted by molar-refractivity contribution is 5.02. The van der Waals surface area contributed by atoms with Gasteiger partial charge >= 0.3 is 0 Å². The third kappa shape index (κ3) is 2.08. The van der Waals surface area contributed by atoms with Crippen molar-refractivity contribution in [1.82, 2.24) is 0 Å². The average Bonchev–Trinajstić information content (AvgIpc) is 2.69. The molecule has 0 bridgehead atoms. The van der Waals surface area contributed by atoms with Gasteiger partial charge in [0, 0.05) is 19.8 Å². The van der Waals surface area contributed by atoms with E-state index >= 15 is 0 Å². The van der Waals surface area contributed by atoms with Crippen LogP contribution in [-0.2, 0) is 9.47 Å². The molecular weight excluding hydrogens is 178 g/mol. The smallest absolute Gasteiger partial charge is 0.0831 e. The van der Waals surface area contributed by atoms with Gasteiger partial charge in [0.15, 0.2) is 0 Å². The Kier molecular flexibility index (Phi) is 3.05. The summed E-state index contributed by atoms with van der Waals surface area (Å²) in [7, 11) is 0. The molecule has 0 saturated carbocycles. The summed E-state index contributed by atoms with van der Waals surface area (Å²) in [5.41, 5.74) is -0.179. The molecule has 2 fully saturated rings. The van der Waals surface area contributed by atoms with Gasteiger partial charge in [0.25, 0.3) is 0 Å². The van der Waals surface area contributed by atoms with Gasteiger partial charge in [-0.3, -0.25) is 0 Å². The predicted molar refractivity (Wildman–Crippen MR) is 51.6 cm³/mol. The zero-order valence-electron chi connectivity index (χ0n) is 8.50. The summed E-state index contributed by atoms with van der Waals surface area (Å²) in [5.74, 6) is 0.671. The third-order valence-electron chi connectivity index (χ3n) is 3.36. The quantitative estimate of drug-likeness (QED) is 0.674. The Balaban J connectivity index is 1.90. The molecule has 0 amide bonds. The molecule has 14 heavy (non-hydrogen) atoms. The van der Waals surface area contributed by atoms with Gasteiger partial charge in [-0.25, -0.2) is 0 Å². The van der Waals surface area contributed by atoms with E-state index in [1.54, 1.807) is 0 Å². The van der Waals surface area contributed by atoms with Gasteiger partial charge in [-0.2, -0.15) is 5.26 Å². The largest absolute Gasteiger partial charge is 0.381 e. The maximum Gasteiger partial charge on any atom is 0.0831 e. The second-order valence-corrected chi connectivity index (χ2v) is 4.45. The van der Waals surface area contributed by atoms with Crippen molar-refractivity contribution in [2.24, 2.45) is 11.3 Å². The van der Waals surface area contributed by atoms with Gasteiger partial charge in [-0.1, -0.05) is 0 Å². The van der Waals surface area contributed by atoms with Crippen molar-refractivity contribution in [1.29, 1.82) is 5.26 Å². The summed E-state index contributed by atoms with van der Waals surface area (Å²) in [6, 6.07) is 2.46. The monoisotopic (exact) mass is 195 g/mol. The first kappa shape index (κ1) is 9.95. The number of nitrogens with zero attached hydrogens (tertiary/aromatic N) is 1. The molecule has 0 aromatic carbocycles. The molecule has 0 aliphatic carbocycles. The van der Waals surface area contributed by atoms with Gasteiger partial charge in [0.05, 0.1) is 18.1 Å². The lowest BCUT2D eigenvalue weighted by atomic mass is 9.77. The SMILES string of the molecule is N#CC1(CC2CCOCC2)CCOC1. The fourth-order valence-corrected chi connectivity index (χ4v) is 2.41. The minimum absolute atomic E-state index is 0.179. The van der Waals surface area contributed by atoms with Crippen molar-refractivity contribution in [2.75, 3.05) is 26.4 Å². The van der Waals surface area contributed by atoms with Gasteiger partial charge in [0.1, 0.15) is 0 Å². The molecule has 3 nitrogen and oxygen atoms in total. The fraction of sp³-hybridized carbons (Fsp3) is 0.909. The van der Waals surface area contributed by atoms with Crippen LogP contribution in [0.15, 0.2) is 0 Å². The zero-order valence-corrected chi connectivity index (χ0v) is 8.50. The number of hydrogen-bond acceptors (Lipinski definition) is 3. The minimum atomic E-state index is -0.179. The first-order valence-corrected chi connectivity index (χ1v) is 5.41. The van der Waals surface area contributed by atoms with E-state index in [1.165, 1.54) is 0 Å². The van der Waals surface area contributed by atoms with Crippen LogP contribution in [0.2, 0.25) is 0 Å². The van der Waals surface area contributed by atoms with Crippen molar-refractivity contribution in [2.45, 2.75) is 25.7 Å². The lowest BCUT2D eigenvalue weighted by molar-refractivity contribution is 0.0513. The van der Waals surface area contributed by atoms with Crippen LogP contribution < -0.4 is 0 Å². The summed E-state index contributed by atoms with van der Waals surface area (Å²) in [5, 5.41) is 9.19. The molecule has 0 spiro atoms. The number of nitriles is 1. The predicted octanol–water partition coefficient (Wildman–Crippen LogP) is 1.73. The lowest BCUT2D eigenvalue weighted by Gasteiger charge is -2.28. The molecule has 2 saturated heterocycles. The summed E-state index contributed by atoms with van der Waals surface area (Å²) in [4.78, 5) is 0. The molecule has 78 valence electrons. The second kappa shape index (κ2) is 4.29. The summed E-state index contributed by atoms with van der Waals surface area (Å²) in [6.45, 7) is 3.14. The highest BCUT2D eigenvalue weighted by Gasteiger charge is 2.37. The first-order chi connectivity index (χ1) is 6.85. The molecule has 1 unspecified atom stereocenters. The maximum atomic E-state index is 9.19. The van der Waals surface area contributed by atoms with Crippen LogP contribution in [0.3, 0.4) is 0 Å². The van der Waals surface area contributed by atoms with Gasteiger partial charge in [-0.05, 0) is 31.6 Å². The molecule has 0 aromatic heterocycles. The van der Waals surface area contributed by atoms with Crippen molar-refractivity contribution in [3.8, 4) is 6.07 Å². The Morgan fingerprint density at radius 3 is 2.57 bits per heavy atom. The topological polar surface area (TPSA) is 42.2 Å². The van der Waals surface area contributed by atoms with Crippen LogP contribution in [0.25, 0.3) is 0 Å². The number of hydrogen-bond donors (Lipinski definition) is 0. The maximum absolute atomic E-state index is 9.19. The molecular formula is C11H17NO2. The van der Waals surface area contributed by atoms with Crippen molar-refractivity contribution in [3.63, 3.8) is 0 Å². The molecule has 3 heteroatoms. The van der Waals surface area contributed by atoms with Crippen LogP contribution in [-0.4, -0.2) is 26.4 Å². The molecule has 2 rings (SSSR count). The van der Waals surface area contributed by atoms with Gasteiger partial charge < -0.3 is 9.47 Å². The van der Waals surface area contributed by atoms with E-state index in [0.717, 1.165) is 45.5 Å². The average molecular weight is 195 g/mol. The Morgan fingerprint density at radius 1 is 1.21 bits per heavy atom. The van der Waals surface area contributed by atoms with E-state index in [0.29, 0.717) is 12.5 Å². The van der Waals surface area contributed by atoms with Crippen molar-refractivity contribution >= 4 is 0 Å². The van der Waals surface area contributed by atoms with E-state index < -0.39 is 0 Å². The van der Waals surface area contributed by atoms with Gasteiger partial charge in [0.2, 0.25) is 0 Å². The van der Waals surface area contributed by atoms with Crippen LogP contribution in [0.4, 0.5) is 0 Å². The highest BCUT2D eigenvalue weighted by Crippen LogP contribution is 2.37. The van der Waals surface area contributed by atoms with Crippen molar-refractivity contribution < 1.29 is 9.47 Å². The van der Waals surface area contributed by atoms with E-state index in [2.05, 4.69) is 6.07 Å². The molecule has 2 aliphatic heterocycles. The van der Waals surface area contributed by atoms with E-state index in [9.17, 15) is 5.26 Å². The molecule has 2 heterocycles. The Labute approximate surface area is 85.0 Å². The Bertz CT molecular complexity index is 222. The third-order valence-corrected chi connectivity index (χ3v) is 3.36. The lowest BCUT2D eigenvalue weighted by Crippen LogP contribution is -2.26. The number of ether oxygens (including phenoxy) is 2. The van der Waals surface area contributed by atoms with Crippen LogP contribution >= 0.6 is 0 Å². The number of rotatable bonds is 2. The van der Waals surface area contributed by atoms with Crippen LogP contribution in [0.5, 0.6) is 0 Å². The van der Waals surface area contributed by atoms with Crippen LogP contribution in [0.1, 0.15) is 25.7 Å². The first-order valence-electron chi connectivity index (χ1n) is 5.41.